The van der Waals surface area contributed by atoms with Crippen LogP contribution >= 0.6 is 23.4 Å². The highest BCUT2D eigenvalue weighted by atomic mass is 35.5. The number of hydrogen-bond donors (Lipinski definition) is 2. The lowest BCUT2D eigenvalue weighted by Gasteiger charge is -2.10. The summed E-state index contributed by atoms with van der Waals surface area (Å²) in [6, 6.07) is 15.4. The Morgan fingerprint density at radius 2 is 1.96 bits per heavy atom. The van der Waals surface area contributed by atoms with Crippen LogP contribution in [0.3, 0.4) is 0 Å². The first-order valence-electron chi connectivity index (χ1n) is 7.80. The second-order valence-electron chi connectivity index (χ2n) is 5.64. The van der Waals surface area contributed by atoms with Gasteiger partial charge in [-0.1, -0.05) is 29.8 Å². The zero-order valence-electron chi connectivity index (χ0n) is 14.0. The number of nitrogens with zero attached hydrogens (tertiary/aromatic N) is 1. The van der Waals surface area contributed by atoms with Crippen LogP contribution in [-0.4, -0.2) is 16.2 Å². The maximum Gasteiger partial charge on any atom is 0.256 e. The summed E-state index contributed by atoms with van der Waals surface area (Å²) in [6.07, 6.45) is 2.54. The van der Waals surface area contributed by atoms with Crippen molar-refractivity contribution in [3.63, 3.8) is 0 Å². The Morgan fingerprint density at radius 3 is 2.64 bits per heavy atom. The lowest BCUT2D eigenvalue weighted by Crippen LogP contribution is -2.18. The highest BCUT2D eigenvalue weighted by Crippen LogP contribution is 2.21. The van der Waals surface area contributed by atoms with Gasteiger partial charge in [0.05, 0.1) is 5.69 Å². The van der Waals surface area contributed by atoms with Gasteiger partial charge in [-0.25, -0.2) is 4.98 Å². The van der Waals surface area contributed by atoms with Crippen LogP contribution in [0.4, 0.5) is 11.6 Å². The molecule has 2 aromatic carbocycles. The third-order valence-corrected chi connectivity index (χ3v) is 4.83. The Labute approximate surface area is 155 Å². The monoisotopic (exact) mass is 371 g/mol. The van der Waals surface area contributed by atoms with Crippen LogP contribution < -0.4 is 10.9 Å². The predicted molar refractivity (Wildman–Crippen MR) is 105 cm³/mol. The molecule has 0 aliphatic carbocycles. The quantitative estimate of drug-likeness (QED) is 0.633. The Kier molecular flexibility index (Phi) is 5.46. The lowest BCUT2D eigenvalue weighted by molar-refractivity contribution is 0.985. The Hall–Kier alpha value is -2.24. The maximum absolute atomic E-state index is 12.5. The van der Waals surface area contributed by atoms with Crippen molar-refractivity contribution in [2.75, 3.05) is 11.6 Å². The molecule has 1 heterocycles. The fraction of sp³-hybridized carbons (Fsp3) is 0.158. The van der Waals surface area contributed by atoms with Crippen molar-refractivity contribution in [2.24, 2.45) is 0 Å². The molecular weight excluding hydrogens is 354 g/mol. The van der Waals surface area contributed by atoms with Crippen molar-refractivity contribution in [1.82, 2.24) is 9.97 Å². The molecule has 0 radical (unpaired) electrons. The molecule has 2 N–H and O–H groups in total. The number of nitrogens with one attached hydrogen (secondary N) is 2. The summed E-state index contributed by atoms with van der Waals surface area (Å²) < 4.78 is 0. The maximum atomic E-state index is 12.5. The Morgan fingerprint density at radius 1 is 1.20 bits per heavy atom. The first-order chi connectivity index (χ1) is 12.0. The SMILES string of the molecule is CSc1cccc(Nc2nc(C)c(Cc3ccc(Cl)cc3)c(=O)[nH]2)c1. The van der Waals surface area contributed by atoms with Crippen LogP contribution in [0.2, 0.25) is 5.02 Å². The molecule has 0 amide bonds. The number of rotatable bonds is 5. The van der Waals surface area contributed by atoms with E-state index in [1.807, 2.05) is 61.7 Å². The summed E-state index contributed by atoms with van der Waals surface area (Å²) in [4.78, 5) is 20.9. The number of aromatic amines is 1. The molecule has 4 nitrogen and oxygen atoms in total. The smallest absolute Gasteiger partial charge is 0.256 e. The molecule has 0 bridgehead atoms. The number of thioether (sulfide) groups is 1. The standard InChI is InChI=1S/C19H18ClN3OS/c1-12-17(10-13-6-8-14(20)9-7-13)18(24)23-19(21-12)22-15-4-3-5-16(11-15)25-2/h3-9,11H,10H2,1-2H3,(H2,21,22,23,24). The van der Waals surface area contributed by atoms with Gasteiger partial charge in [-0.3, -0.25) is 9.78 Å². The van der Waals surface area contributed by atoms with Crippen molar-refractivity contribution >= 4 is 35.0 Å². The van der Waals surface area contributed by atoms with Gasteiger partial charge in [-0.05, 0) is 49.1 Å². The van der Waals surface area contributed by atoms with E-state index in [1.54, 1.807) is 11.8 Å². The molecule has 0 aliphatic heterocycles. The lowest BCUT2D eigenvalue weighted by atomic mass is 10.1. The van der Waals surface area contributed by atoms with E-state index in [1.165, 1.54) is 0 Å². The van der Waals surface area contributed by atoms with Crippen molar-refractivity contribution < 1.29 is 0 Å². The van der Waals surface area contributed by atoms with Gasteiger partial charge in [0.15, 0.2) is 0 Å². The van der Waals surface area contributed by atoms with Gasteiger partial charge in [0.25, 0.3) is 5.56 Å². The highest BCUT2D eigenvalue weighted by Gasteiger charge is 2.09. The molecular formula is C19H18ClN3OS. The normalized spacial score (nSPS) is 10.7. The fourth-order valence-corrected chi connectivity index (χ4v) is 3.11. The fourth-order valence-electron chi connectivity index (χ4n) is 2.52. The number of halogens is 1. The molecule has 0 spiro atoms. The third kappa shape index (κ3) is 4.44. The minimum absolute atomic E-state index is 0.133. The molecule has 0 fully saturated rings. The summed E-state index contributed by atoms with van der Waals surface area (Å²) in [7, 11) is 0. The van der Waals surface area contributed by atoms with Crippen molar-refractivity contribution in [2.45, 2.75) is 18.2 Å². The van der Waals surface area contributed by atoms with E-state index in [9.17, 15) is 4.79 Å². The molecule has 6 heteroatoms. The van der Waals surface area contributed by atoms with E-state index >= 15 is 0 Å². The zero-order chi connectivity index (χ0) is 17.8. The second-order valence-corrected chi connectivity index (χ2v) is 6.95. The molecule has 1 aromatic heterocycles. The summed E-state index contributed by atoms with van der Waals surface area (Å²) in [5.74, 6) is 0.445. The van der Waals surface area contributed by atoms with Crippen molar-refractivity contribution in [3.8, 4) is 0 Å². The minimum Gasteiger partial charge on any atom is -0.326 e. The Balaban J connectivity index is 1.84. The van der Waals surface area contributed by atoms with E-state index < -0.39 is 0 Å². The van der Waals surface area contributed by atoms with Gasteiger partial charge >= 0.3 is 0 Å². The topological polar surface area (TPSA) is 57.8 Å². The first-order valence-corrected chi connectivity index (χ1v) is 9.41. The van der Waals surface area contributed by atoms with Gasteiger partial charge in [0.2, 0.25) is 5.95 Å². The molecule has 3 rings (SSSR count). The van der Waals surface area contributed by atoms with Gasteiger partial charge < -0.3 is 5.32 Å². The van der Waals surface area contributed by atoms with Crippen molar-refractivity contribution in [1.29, 1.82) is 0 Å². The molecule has 0 saturated carbocycles. The van der Waals surface area contributed by atoms with Gasteiger partial charge in [-0.15, -0.1) is 11.8 Å². The van der Waals surface area contributed by atoms with Crippen LogP contribution in [0.1, 0.15) is 16.8 Å². The summed E-state index contributed by atoms with van der Waals surface area (Å²) in [6.45, 7) is 1.85. The third-order valence-electron chi connectivity index (χ3n) is 3.85. The van der Waals surface area contributed by atoms with Gasteiger partial charge in [0, 0.05) is 27.6 Å². The summed E-state index contributed by atoms with van der Waals surface area (Å²) >= 11 is 7.57. The van der Waals surface area contributed by atoms with E-state index in [4.69, 9.17) is 11.6 Å². The average Bonchev–Trinajstić information content (AvgIpc) is 2.60. The Bertz CT molecular complexity index is 938. The molecule has 0 atom stereocenters. The van der Waals surface area contributed by atoms with E-state index in [0.717, 1.165) is 16.1 Å². The largest absolute Gasteiger partial charge is 0.326 e. The van der Waals surface area contributed by atoms with Crippen LogP contribution in [0.5, 0.6) is 0 Å². The molecule has 0 aliphatic rings. The summed E-state index contributed by atoms with van der Waals surface area (Å²) in [5.41, 5.74) is 3.15. The van der Waals surface area contributed by atoms with E-state index in [-0.39, 0.29) is 5.56 Å². The molecule has 25 heavy (non-hydrogen) atoms. The number of aromatic nitrogens is 2. The predicted octanol–water partition coefficient (Wildman–Crippen LogP) is 4.79. The number of hydrogen-bond acceptors (Lipinski definition) is 4. The van der Waals surface area contributed by atoms with Crippen molar-refractivity contribution in [3.05, 3.63) is 80.7 Å². The second kappa shape index (κ2) is 7.76. The molecule has 0 unspecified atom stereocenters. The number of aryl methyl sites for hydroxylation is 1. The van der Waals surface area contributed by atoms with Gasteiger partial charge in [0.1, 0.15) is 0 Å². The molecule has 0 saturated heterocycles. The summed E-state index contributed by atoms with van der Waals surface area (Å²) in [5, 5.41) is 3.84. The average molecular weight is 372 g/mol. The van der Waals surface area contributed by atoms with Crippen LogP contribution in [0, 0.1) is 6.92 Å². The minimum atomic E-state index is -0.133. The highest BCUT2D eigenvalue weighted by molar-refractivity contribution is 7.98. The van der Waals surface area contributed by atoms with E-state index in [2.05, 4.69) is 15.3 Å². The van der Waals surface area contributed by atoms with E-state index in [0.29, 0.717) is 28.6 Å². The number of benzene rings is 2. The van der Waals surface area contributed by atoms with Crippen LogP contribution in [0.15, 0.2) is 58.2 Å². The van der Waals surface area contributed by atoms with Gasteiger partial charge in [-0.2, -0.15) is 0 Å². The number of H-pyrrole nitrogens is 1. The number of anilines is 2. The van der Waals surface area contributed by atoms with Crippen LogP contribution in [-0.2, 0) is 6.42 Å². The molecule has 128 valence electrons. The zero-order valence-corrected chi connectivity index (χ0v) is 15.5. The molecule has 3 aromatic rings. The van der Waals surface area contributed by atoms with Crippen LogP contribution in [0.25, 0.3) is 0 Å². The first kappa shape index (κ1) is 17.6.